The highest BCUT2D eigenvalue weighted by Crippen LogP contribution is 2.31. The number of nitrogens with one attached hydrogen (secondary N) is 1. The van der Waals surface area contributed by atoms with Crippen LogP contribution in [0.15, 0.2) is 71.1 Å². The van der Waals surface area contributed by atoms with Crippen molar-refractivity contribution >= 4 is 34.1 Å². The van der Waals surface area contributed by atoms with E-state index >= 15 is 0 Å². The number of para-hydroxylation sites is 1. The standard InChI is InChI=1S/C21H18N4OS2/c1-14-20(27-2)28-21(22-14)23-19(26)17-13-25(16-11-7-4-8-12-16)24-18(17)15-9-5-3-6-10-15/h3-13H,1-2H3,(H,22,23,26). The van der Waals surface area contributed by atoms with E-state index in [0.717, 1.165) is 21.2 Å². The zero-order chi connectivity index (χ0) is 19.5. The second kappa shape index (κ2) is 8.00. The maximum Gasteiger partial charge on any atom is 0.261 e. The zero-order valence-electron chi connectivity index (χ0n) is 15.4. The normalized spacial score (nSPS) is 10.8. The minimum absolute atomic E-state index is 0.220. The number of hydrogen-bond acceptors (Lipinski definition) is 5. The van der Waals surface area contributed by atoms with Gasteiger partial charge in [0.05, 0.1) is 21.2 Å². The Morgan fingerprint density at radius 3 is 2.39 bits per heavy atom. The molecule has 5 nitrogen and oxygen atoms in total. The SMILES string of the molecule is CSc1sc(NC(=O)c2cn(-c3ccccc3)nc2-c2ccccc2)nc1C. The molecule has 0 saturated heterocycles. The summed E-state index contributed by atoms with van der Waals surface area (Å²) in [7, 11) is 0. The van der Waals surface area contributed by atoms with Crippen LogP contribution in [0.3, 0.4) is 0 Å². The van der Waals surface area contributed by atoms with Crippen LogP contribution in [0.4, 0.5) is 5.13 Å². The molecule has 2 aromatic heterocycles. The minimum atomic E-state index is -0.220. The summed E-state index contributed by atoms with van der Waals surface area (Å²) < 4.78 is 2.83. The lowest BCUT2D eigenvalue weighted by Gasteiger charge is -2.02. The molecule has 140 valence electrons. The van der Waals surface area contributed by atoms with E-state index in [1.807, 2.05) is 73.8 Å². The maximum atomic E-state index is 13.1. The van der Waals surface area contributed by atoms with Gasteiger partial charge in [-0.25, -0.2) is 9.67 Å². The molecular weight excluding hydrogens is 388 g/mol. The summed E-state index contributed by atoms with van der Waals surface area (Å²) in [5.41, 5.74) is 3.86. The van der Waals surface area contributed by atoms with Crippen LogP contribution in [0, 0.1) is 6.92 Å². The molecule has 0 spiro atoms. The monoisotopic (exact) mass is 406 g/mol. The van der Waals surface area contributed by atoms with Gasteiger partial charge in [0.15, 0.2) is 5.13 Å². The average molecular weight is 407 g/mol. The average Bonchev–Trinajstić information content (AvgIpc) is 3.33. The number of aryl methyl sites for hydroxylation is 1. The number of carbonyl (C=O) groups is 1. The molecule has 4 rings (SSSR count). The fourth-order valence-corrected chi connectivity index (χ4v) is 4.46. The molecule has 28 heavy (non-hydrogen) atoms. The number of thioether (sulfide) groups is 1. The second-order valence-corrected chi connectivity index (χ2v) is 8.16. The third-order valence-corrected chi connectivity index (χ3v) is 6.47. The molecule has 0 fully saturated rings. The van der Waals surface area contributed by atoms with Gasteiger partial charge in [0, 0.05) is 11.8 Å². The molecule has 1 N–H and O–H groups in total. The van der Waals surface area contributed by atoms with Crippen LogP contribution in [0.2, 0.25) is 0 Å². The van der Waals surface area contributed by atoms with Crippen molar-refractivity contribution in [2.24, 2.45) is 0 Å². The second-order valence-electron chi connectivity index (χ2n) is 6.09. The van der Waals surface area contributed by atoms with Gasteiger partial charge in [0.1, 0.15) is 5.69 Å². The number of benzene rings is 2. The number of nitrogens with zero attached hydrogens (tertiary/aromatic N) is 3. The van der Waals surface area contributed by atoms with Gasteiger partial charge in [0.25, 0.3) is 5.91 Å². The van der Waals surface area contributed by atoms with Crippen molar-refractivity contribution in [2.75, 3.05) is 11.6 Å². The molecule has 0 aliphatic heterocycles. The van der Waals surface area contributed by atoms with Crippen LogP contribution in [0.25, 0.3) is 16.9 Å². The van der Waals surface area contributed by atoms with E-state index in [4.69, 9.17) is 0 Å². The first-order chi connectivity index (χ1) is 13.7. The lowest BCUT2D eigenvalue weighted by molar-refractivity contribution is 0.102. The summed E-state index contributed by atoms with van der Waals surface area (Å²) in [4.78, 5) is 17.5. The first-order valence-corrected chi connectivity index (χ1v) is 10.7. The summed E-state index contributed by atoms with van der Waals surface area (Å²) in [6.45, 7) is 1.95. The number of anilines is 1. The Hall–Kier alpha value is -2.90. The number of hydrogen-bond donors (Lipinski definition) is 1. The topological polar surface area (TPSA) is 59.8 Å². The van der Waals surface area contributed by atoms with Crippen molar-refractivity contribution in [3.8, 4) is 16.9 Å². The Kier molecular flexibility index (Phi) is 5.27. The van der Waals surface area contributed by atoms with E-state index in [0.29, 0.717) is 16.4 Å². The summed E-state index contributed by atoms with van der Waals surface area (Å²) >= 11 is 3.11. The summed E-state index contributed by atoms with van der Waals surface area (Å²) in [6, 6.07) is 19.5. The van der Waals surface area contributed by atoms with E-state index < -0.39 is 0 Å². The molecule has 0 aliphatic carbocycles. The van der Waals surface area contributed by atoms with Crippen molar-refractivity contribution in [2.45, 2.75) is 11.1 Å². The molecule has 2 aromatic carbocycles. The van der Waals surface area contributed by atoms with Gasteiger partial charge in [0.2, 0.25) is 0 Å². The number of amides is 1. The van der Waals surface area contributed by atoms with Gasteiger partial charge in [-0.2, -0.15) is 5.10 Å². The van der Waals surface area contributed by atoms with E-state index in [9.17, 15) is 4.79 Å². The fourth-order valence-electron chi connectivity index (χ4n) is 2.85. The van der Waals surface area contributed by atoms with Crippen molar-refractivity contribution < 1.29 is 4.79 Å². The van der Waals surface area contributed by atoms with Crippen LogP contribution in [-0.2, 0) is 0 Å². The number of carbonyl (C=O) groups excluding carboxylic acids is 1. The number of rotatable bonds is 5. The molecule has 0 atom stereocenters. The van der Waals surface area contributed by atoms with E-state index in [-0.39, 0.29) is 5.91 Å². The van der Waals surface area contributed by atoms with Gasteiger partial charge < -0.3 is 0 Å². The molecule has 0 bridgehead atoms. The molecule has 2 heterocycles. The van der Waals surface area contributed by atoms with Crippen LogP contribution in [-0.4, -0.2) is 26.9 Å². The van der Waals surface area contributed by atoms with Crippen LogP contribution < -0.4 is 5.32 Å². The highest BCUT2D eigenvalue weighted by atomic mass is 32.2. The van der Waals surface area contributed by atoms with E-state index in [2.05, 4.69) is 15.4 Å². The molecule has 4 aromatic rings. The molecule has 0 unspecified atom stereocenters. The highest BCUT2D eigenvalue weighted by Gasteiger charge is 2.20. The van der Waals surface area contributed by atoms with Gasteiger partial charge >= 0.3 is 0 Å². The minimum Gasteiger partial charge on any atom is -0.298 e. The van der Waals surface area contributed by atoms with Crippen molar-refractivity contribution in [1.29, 1.82) is 0 Å². The highest BCUT2D eigenvalue weighted by molar-refractivity contribution is 8.00. The molecule has 0 aliphatic rings. The Bertz CT molecular complexity index is 1100. The summed E-state index contributed by atoms with van der Waals surface area (Å²) in [6.07, 6.45) is 3.77. The Labute approximate surface area is 171 Å². The van der Waals surface area contributed by atoms with Gasteiger partial charge in [-0.05, 0) is 25.3 Å². The quantitative estimate of drug-likeness (QED) is 0.458. The fraction of sp³-hybridized carbons (Fsp3) is 0.0952. The van der Waals surface area contributed by atoms with Crippen molar-refractivity contribution in [3.05, 3.63) is 78.1 Å². The molecular formula is C21H18N4OS2. The van der Waals surface area contributed by atoms with Crippen molar-refractivity contribution in [3.63, 3.8) is 0 Å². The number of aromatic nitrogens is 3. The first-order valence-electron chi connectivity index (χ1n) is 8.69. The Morgan fingerprint density at radius 2 is 1.75 bits per heavy atom. The Balaban J connectivity index is 1.73. The lowest BCUT2D eigenvalue weighted by Crippen LogP contribution is -2.12. The van der Waals surface area contributed by atoms with E-state index in [1.54, 1.807) is 22.6 Å². The van der Waals surface area contributed by atoms with Crippen LogP contribution in [0.1, 0.15) is 16.1 Å². The molecule has 0 radical (unpaired) electrons. The smallest absolute Gasteiger partial charge is 0.261 e. The summed E-state index contributed by atoms with van der Waals surface area (Å²) in [5, 5.41) is 8.21. The largest absolute Gasteiger partial charge is 0.298 e. The van der Waals surface area contributed by atoms with Gasteiger partial charge in [-0.15, -0.1) is 11.8 Å². The van der Waals surface area contributed by atoms with Gasteiger partial charge in [-0.1, -0.05) is 59.9 Å². The van der Waals surface area contributed by atoms with Crippen molar-refractivity contribution in [1.82, 2.24) is 14.8 Å². The molecule has 7 heteroatoms. The first kappa shape index (κ1) is 18.5. The van der Waals surface area contributed by atoms with Crippen LogP contribution >= 0.6 is 23.1 Å². The predicted octanol–water partition coefficient (Wildman–Crippen LogP) is 5.28. The maximum absolute atomic E-state index is 13.1. The Morgan fingerprint density at radius 1 is 1.07 bits per heavy atom. The number of thiazole rings is 1. The van der Waals surface area contributed by atoms with Gasteiger partial charge in [-0.3, -0.25) is 10.1 Å². The zero-order valence-corrected chi connectivity index (χ0v) is 17.1. The summed E-state index contributed by atoms with van der Waals surface area (Å²) in [5.74, 6) is -0.220. The third kappa shape index (κ3) is 3.72. The predicted molar refractivity (Wildman–Crippen MR) is 116 cm³/mol. The van der Waals surface area contributed by atoms with E-state index in [1.165, 1.54) is 11.3 Å². The lowest BCUT2D eigenvalue weighted by atomic mass is 10.1. The van der Waals surface area contributed by atoms with Crippen LogP contribution in [0.5, 0.6) is 0 Å². The third-order valence-electron chi connectivity index (χ3n) is 4.19. The molecule has 1 amide bonds. The molecule has 0 saturated carbocycles.